The lowest BCUT2D eigenvalue weighted by Gasteiger charge is -2.34. The molecule has 1 fully saturated rings. The van der Waals surface area contributed by atoms with Crippen LogP contribution in [-0.4, -0.2) is 44.9 Å². The van der Waals surface area contributed by atoms with Crippen molar-refractivity contribution in [3.05, 3.63) is 28.2 Å². The van der Waals surface area contributed by atoms with Gasteiger partial charge in [-0.25, -0.2) is 4.68 Å². The highest BCUT2D eigenvalue weighted by atomic mass is 16.3. The molecule has 1 aromatic rings. The highest BCUT2D eigenvalue weighted by molar-refractivity contribution is 5.92. The number of carbonyl (C=O) groups excluding carboxylic acids is 1. The van der Waals surface area contributed by atoms with E-state index in [9.17, 15) is 14.7 Å². The smallest absolute Gasteiger partial charge is 0.274 e. The number of likely N-dealkylation sites (tertiary alicyclic amines) is 1. The fraction of sp³-hybridized carbons (Fsp3) is 0.583. The number of aliphatic hydroxyl groups excluding tert-OH is 1. The van der Waals surface area contributed by atoms with E-state index >= 15 is 0 Å². The predicted octanol–water partition coefficient (Wildman–Crippen LogP) is -0.377. The molecule has 0 spiro atoms. The number of rotatable bonds is 1. The molecule has 6 heteroatoms. The Bertz CT molecular complexity index is 512. The van der Waals surface area contributed by atoms with Crippen LogP contribution in [-0.2, 0) is 7.05 Å². The van der Waals surface area contributed by atoms with Crippen molar-refractivity contribution in [2.75, 3.05) is 13.1 Å². The number of aromatic nitrogens is 2. The number of nitrogens with zero attached hydrogens (tertiary/aromatic N) is 3. The fourth-order valence-corrected chi connectivity index (χ4v) is 2.10. The normalized spacial score (nSPS) is 24.1. The number of hydrogen-bond acceptors (Lipinski definition) is 4. The first-order valence-corrected chi connectivity index (χ1v) is 6.00. The molecule has 1 aliphatic heterocycles. The number of aliphatic hydroxyl groups is 1. The van der Waals surface area contributed by atoms with E-state index in [1.807, 2.05) is 6.92 Å². The Labute approximate surface area is 105 Å². The maximum absolute atomic E-state index is 12.2. The monoisotopic (exact) mass is 251 g/mol. The number of amides is 1. The van der Waals surface area contributed by atoms with Gasteiger partial charge in [0.2, 0.25) is 0 Å². The molecule has 2 atom stereocenters. The first-order valence-electron chi connectivity index (χ1n) is 6.00. The minimum atomic E-state index is -0.345. The van der Waals surface area contributed by atoms with Gasteiger partial charge in [-0.15, -0.1) is 0 Å². The zero-order chi connectivity index (χ0) is 13.3. The Morgan fingerprint density at radius 3 is 2.83 bits per heavy atom. The molecule has 0 aromatic carbocycles. The molecule has 2 unspecified atom stereocenters. The zero-order valence-corrected chi connectivity index (χ0v) is 10.5. The Morgan fingerprint density at radius 2 is 2.22 bits per heavy atom. The fourth-order valence-electron chi connectivity index (χ4n) is 2.10. The van der Waals surface area contributed by atoms with Gasteiger partial charge < -0.3 is 10.0 Å². The summed E-state index contributed by atoms with van der Waals surface area (Å²) in [4.78, 5) is 25.1. The van der Waals surface area contributed by atoms with E-state index < -0.39 is 0 Å². The maximum atomic E-state index is 12.2. The van der Waals surface area contributed by atoms with Crippen molar-refractivity contribution in [2.45, 2.75) is 19.4 Å². The van der Waals surface area contributed by atoms with Crippen LogP contribution in [0.5, 0.6) is 0 Å². The summed E-state index contributed by atoms with van der Waals surface area (Å²) in [6.07, 6.45) is 0.237. The zero-order valence-electron chi connectivity index (χ0n) is 10.5. The van der Waals surface area contributed by atoms with Crippen LogP contribution in [0.15, 0.2) is 16.9 Å². The van der Waals surface area contributed by atoms with Crippen LogP contribution in [0.1, 0.15) is 23.8 Å². The van der Waals surface area contributed by atoms with Gasteiger partial charge in [0.05, 0.1) is 6.10 Å². The summed E-state index contributed by atoms with van der Waals surface area (Å²) in [5.74, 6) is -0.125. The van der Waals surface area contributed by atoms with Gasteiger partial charge in [0.15, 0.2) is 0 Å². The maximum Gasteiger partial charge on any atom is 0.274 e. The molecule has 2 rings (SSSR count). The SMILES string of the molecule is CC1CN(C(=O)c2ccc(=O)n(C)n2)CCC1O. The highest BCUT2D eigenvalue weighted by Crippen LogP contribution is 2.17. The van der Waals surface area contributed by atoms with Crippen LogP contribution >= 0.6 is 0 Å². The second-order valence-electron chi connectivity index (χ2n) is 4.76. The van der Waals surface area contributed by atoms with Gasteiger partial charge in [-0.1, -0.05) is 6.92 Å². The lowest BCUT2D eigenvalue weighted by molar-refractivity contribution is 0.0292. The molecule has 18 heavy (non-hydrogen) atoms. The summed E-state index contributed by atoms with van der Waals surface area (Å²) in [6, 6.07) is 2.78. The number of piperidine rings is 1. The summed E-state index contributed by atoms with van der Waals surface area (Å²) >= 11 is 0. The summed E-state index contributed by atoms with van der Waals surface area (Å²) in [6.45, 7) is 2.96. The van der Waals surface area contributed by atoms with E-state index in [0.717, 1.165) is 4.68 Å². The molecule has 1 N–H and O–H groups in total. The Morgan fingerprint density at radius 1 is 1.50 bits per heavy atom. The molecule has 1 aliphatic rings. The van der Waals surface area contributed by atoms with Crippen LogP contribution in [0, 0.1) is 5.92 Å². The quantitative estimate of drug-likeness (QED) is 0.738. The molecule has 0 radical (unpaired) electrons. The average molecular weight is 251 g/mol. The largest absolute Gasteiger partial charge is 0.393 e. The molecular weight excluding hydrogens is 234 g/mol. The lowest BCUT2D eigenvalue weighted by atomic mass is 9.96. The van der Waals surface area contributed by atoms with E-state index in [-0.39, 0.29) is 29.2 Å². The number of aryl methyl sites for hydroxylation is 1. The first-order chi connectivity index (χ1) is 8.49. The van der Waals surface area contributed by atoms with Gasteiger partial charge in [0, 0.05) is 26.2 Å². The molecular formula is C12H17N3O3. The summed E-state index contributed by atoms with van der Waals surface area (Å²) in [7, 11) is 1.52. The Balaban J connectivity index is 2.16. The van der Waals surface area contributed by atoms with Crippen LogP contribution < -0.4 is 5.56 Å². The summed E-state index contributed by atoms with van der Waals surface area (Å²) in [5, 5.41) is 13.6. The second-order valence-corrected chi connectivity index (χ2v) is 4.76. The van der Waals surface area contributed by atoms with Crippen molar-refractivity contribution in [3.8, 4) is 0 Å². The van der Waals surface area contributed by atoms with Gasteiger partial charge in [-0.05, 0) is 18.4 Å². The van der Waals surface area contributed by atoms with Crippen LogP contribution in [0.2, 0.25) is 0 Å². The summed E-state index contributed by atoms with van der Waals surface area (Å²) < 4.78 is 1.15. The van der Waals surface area contributed by atoms with Crippen LogP contribution in [0.4, 0.5) is 0 Å². The third-order valence-electron chi connectivity index (χ3n) is 3.33. The predicted molar refractivity (Wildman–Crippen MR) is 65.2 cm³/mol. The minimum absolute atomic E-state index is 0.0650. The van der Waals surface area contributed by atoms with E-state index in [4.69, 9.17) is 0 Å². The molecule has 0 aliphatic carbocycles. The van der Waals surface area contributed by atoms with Crippen molar-refractivity contribution in [1.29, 1.82) is 0 Å². The van der Waals surface area contributed by atoms with E-state index in [1.165, 1.54) is 19.2 Å². The average Bonchev–Trinajstić information content (AvgIpc) is 2.35. The molecule has 1 aromatic heterocycles. The number of hydrogen-bond donors (Lipinski definition) is 1. The highest BCUT2D eigenvalue weighted by Gasteiger charge is 2.28. The van der Waals surface area contributed by atoms with Crippen molar-refractivity contribution in [2.24, 2.45) is 13.0 Å². The third-order valence-corrected chi connectivity index (χ3v) is 3.33. The van der Waals surface area contributed by atoms with Crippen LogP contribution in [0.3, 0.4) is 0 Å². The van der Waals surface area contributed by atoms with Gasteiger partial charge in [0.25, 0.3) is 11.5 Å². The molecule has 1 saturated heterocycles. The molecule has 6 nitrogen and oxygen atoms in total. The third kappa shape index (κ3) is 2.43. The van der Waals surface area contributed by atoms with E-state index in [2.05, 4.69) is 5.10 Å². The Hall–Kier alpha value is -1.69. The van der Waals surface area contributed by atoms with E-state index in [1.54, 1.807) is 4.90 Å². The second kappa shape index (κ2) is 4.89. The van der Waals surface area contributed by atoms with E-state index in [0.29, 0.717) is 19.5 Å². The van der Waals surface area contributed by atoms with Crippen LogP contribution in [0.25, 0.3) is 0 Å². The van der Waals surface area contributed by atoms with Crippen molar-refractivity contribution in [3.63, 3.8) is 0 Å². The van der Waals surface area contributed by atoms with Crippen molar-refractivity contribution < 1.29 is 9.90 Å². The topological polar surface area (TPSA) is 75.4 Å². The standard InChI is InChI=1S/C12H17N3O3/c1-8-7-15(6-5-10(8)16)12(18)9-3-4-11(17)14(2)13-9/h3-4,8,10,16H,5-7H2,1-2H3. The molecule has 98 valence electrons. The summed E-state index contributed by atoms with van der Waals surface area (Å²) in [5.41, 5.74) is 0.0228. The number of carbonyl (C=O) groups is 1. The van der Waals surface area contributed by atoms with Crippen molar-refractivity contribution in [1.82, 2.24) is 14.7 Å². The van der Waals surface area contributed by atoms with Gasteiger partial charge in [0.1, 0.15) is 5.69 Å². The lowest BCUT2D eigenvalue weighted by Crippen LogP contribution is -2.45. The first kappa shape index (κ1) is 12.8. The van der Waals surface area contributed by atoms with Gasteiger partial charge in [-0.3, -0.25) is 9.59 Å². The molecule has 0 bridgehead atoms. The Kier molecular flexibility index (Phi) is 3.47. The van der Waals surface area contributed by atoms with Crippen molar-refractivity contribution >= 4 is 5.91 Å². The van der Waals surface area contributed by atoms with Gasteiger partial charge in [-0.2, -0.15) is 5.10 Å². The minimum Gasteiger partial charge on any atom is -0.393 e. The molecule has 0 saturated carbocycles. The molecule has 2 heterocycles. The molecule has 1 amide bonds. The van der Waals surface area contributed by atoms with Gasteiger partial charge >= 0.3 is 0 Å².